The van der Waals surface area contributed by atoms with Crippen LogP contribution in [0.4, 0.5) is 5.82 Å². The molecule has 4 aromatic rings. The Labute approximate surface area is 188 Å². The maximum atomic E-state index is 13.1. The van der Waals surface area contributed by atoms with E-state index in [0.29, 0.717) is 32.7 Å². The van der Waals surface area contributed by atoms with Crippen molar-refractivity contribution in [2.24, 2.45) is 7.05 Å². The van der Waals surface area contributed by atoms with Gasteiger partial charge >= 0.3 is 5.97 Å². The smallest absolute Gasteiger partial charge is 0.356 e. The Morgan fingerprint density at radius 2 is 1.69 bits per heavy atom. The topological polar surface area (TPSA) is 90.3 Å². The van der Waals surface area contributed by atoms with Crippen molar-refractivity contribution in [3.8, 4) is 11.1 Å². The maximum absolute atomic E-state index is 13.1. The molecule has 0 saturated carbocycles. The van der Waals surface area contributed by atoms with Crippen LogP contribution in [0.25, 0.3) is 21.9 Å². The molecular formula is C24H18ClN3O4. The molecule has 0 fully saturated rings. The van der Waals surface area contributed by atoms with Gasteiger partial charge in [0.2, 0.25) is 0 Å². The standard InChI is InChI=1S/C24H18ClN3O4/c1-28-22(24(31)32-14-20(29)27-19-8-4-5-13-26-19)21(15-9-11-16(25)12-10-15)17-6-2-3-7-18(17)23(28)30/h2-13H,14H2,1H3,(H,26,27,29). The van der Waals surface area contributed by atoms with Gasteiger partial charge in [0, 0.05) is 29.2 Å². The fourth-order valence-electron chi connectivity index (χ4n) is 3.43. The van der Waals surface area contributed by atoms with Crippen molar-refractivity contribution >= 4 is 40.1 Å². The third-order valence-electron chi connectivity index (χ3n) is 4.90. The predicted molar refractivity (Wildman–Crippen MR) is 123 cm³/mol. The van der Waals surface area contributed by atoms with Gasteiger partial charge in [-0.1, -0.05) is 48.0 Å². The van der Waals surface area contributed by atoms with Crippen LogP contribution in [0.1, 0.15) is 10.5 Å². The molecule has 0 bridgehead atoms. The van der Waals surface area contributed by atoms with E-state index in [1.807, 2.05) is 0 Å². The van der Waals surface area contributed by atoms with Gasteiger partial charge in [0.25, 0.3) is 11.5 Å². The summed E-state index contributed by atoms with van der Waals surface area (Å²) in [6, 6.07) is 19.0. The Morgan fingerprint density at radius 3 is 2.38 bits per heavy atom. The zero-order valence-electron chi connectivity index (χ0n) is 17.0. The number of nitrogens with one attached hydrogen (secondary N) is 1. The van der Waals surface area contributed by atoms with E-state index >= 15 is 0 Å². The van der Waals surface area contributed by atoms with Gasteiger partial charge in [0.05, 0.1) is 0 Å². The van der Waals surface area contributed by atoms with Gasteiger partial charge in [0.1, 0.15) is 11.5 Å². The summed E-state index contributed by atoms with van der Waals surface area (Å²) in [5.41, 5.74) is 0.908. The first kappa shape index (κ1) is 21.3. The van der Waals surface area contributed by atoms with Gasteiger partial charge in [-0.2, -0.15) is 0 Å². The Balaban J connectivity index is 1.72. The zero-order chi connectivity index (χ0) is 22.7. The van der Waals surface area contributed by atoms with E-state index in [0.717, 1.165) is 0 Å². The van der Waals surface area contributed by atoms with E-state index in [1.54, 1.807) is 66.7 Å². The van der Waals surface area contributed by atoms with Crippen molar-refractivity contribution in [3.05, 3.63) is 94.0 Å². The highest BCUT2D eigenvalue weighted by Crippen LogP contribution is 2.31. The van der Waals surface area contributed by atoms with Crippen LogP contribution < -0.4 is 10.9 Å². The van der Waals surface area contributed by atoms with Crippen molar-refractivity contribution < 1.29 is 14.3 Å². The van der Waals surface area contributed by atoms with Crippen LogP contribution in [0.5, 0.6) is 0 Å². The average Bonchev–Trinajstić information content (AvgIpc) is 2.81. The first-order valence-electron chi connectivity index (χ1n) is 9.71. The summed E-state index contributed by atoms with van der Waals surface area (Å²) in [7, 11) is 1.50. The molecular weight excluding hydrogens is 430 g/mol. The summed E-state index contributed by atoms with van der Waals surface area (Å²) in [5, 5.41) is 4.15. The first-order chi connectivity index (χ1) is 15.5. The molecule has 0 aliphatic carbocycles. The molecule has 160 valence electrons. The van der Waals surface area contributed by atoms with Crippen LogP contribution in [0.3, 0.4) is 0 Å². The van der Waals surface area contributed by atoms with Gasteiger partial charge in [-0.25, -0.2) is 9.78 Å². The van der Waals surface area contributed by atoms with E-state index < -0.39 is 18.5 Å². The molecule has 0 aliphatic rings. The van der Waals surface area contributed by atoms with Crippen molar-refractivity contribution in [2.45, 2.75) is 0 Å². The number of halogens is 1. The molecule has 0 atom stereocenters. The quantitative estimate of drug-likeness (QED) is 0.466. The van der Waals surface area contributed by atoms with E-state index in [-0.39, 0.29) is 11.3 Å². The summed E-state index contributed by atoms with van der Waals surface area (Å²) in [6.45, 7) is -0.531. The second-order valence-corrected chi connectivity index (χ2v) is 7.42. The number of anilines is 1. The lowest BCUT2D eigenvalue weighted by Crippen LogP contribution is -2.28. The van der Waals surface area contributed by atoms with Crippen molar-refractivity contribution in [3.63, 3.8) is 0 Å². The third-order valence-corrected chi connectivity index (χ3v) is 5.15. The lowest BCUT2D eigenvalue weighted by atomic mass is 9.97. The minimum Gasteiger partial charge on any atom is -0.451 e. The summed E-state index contributed by atoms with van der Waals surface area (Å²) in [4.78, 5) is 42.2. The summed E-state index contributed by atoms with van der Waals surface area (Å²) >= 11 is 6.03. The maximum Gasteiger partial charge on any atom is 0.356 e. The number of nitrogens with zero attached hydrogens (tertiary/aromatic N) is 2. The number of pyridine rings is 2. The molecule has 1 amide bonds. The molecule has 0 aliphatic heterocycles. The number of carbonyl (C=O) groups is 2. The van der Waals surface area contributed by atoms with Crippen LogP contribution in [0.15, 0.2) is 77.7 Å². The molecule has 8 heteroatoms. The van der Waals surface area contributed by atoms with E-state index in [4.69, 9.17) is 16.3 Å². The molecule has 2 heterocycles. The highest BCUT2D eigenvalue weighted by Gasteiger charge is 2.23. The summed E-state index contributed by atoms with van der Waals surface area (Å²) < 4.78 is 6.51. The Hall–Kier alpha value is -3.97. The minimum atomic E-state index is -0.795. The van der Waals surface area contributed by atoms with Gasteiger partial charge in [0.15, 0.2) is 6.61 Å². The van der Waals surface area contributed by atoms with E-state index in [2.05, 4.69) is 10.3 Å². The minimum absolute atomic E-state index is 0.0432. The second kappa shape index (κ2) is 9.03. The Bertz CT molecular complexity index is 1370. The second-order valence-electron chi connectivity index (χ2n) is 6.98. The number of carbonyl (C=O) groups excluding carboxylic acids is 2. The SMILES string of the molecule is Cn1c(C(=O)OCC(=O)Nc2ccccn2)c(-c2ccc(Cl)cc2)c2ccccc2c1=O. The summed E-state index contributed by atoms with van der Waals surface area (Å²) in [5.74, 6) is -0.999. The van der Waals surface area contributed by atoms with Crippen molar-refractivity contribution in [1.29, 1.82) is 0 Å². The highest BCUT2D eigenvalue weighted by molar-refractivity contribution is 6.30. The zero-order valence-corrected chi connectivity index (χ0v) is 17.8. The number of rotatable bonds is 5. The highest BCUT2D eigenvalue weighted by atomic mass is 35.5. The van der Waals surface area contributed by atoms with Crippen LogP contribution in [0, 0.1) is 0 Å². The Morgan fingerprint density at radius 1 is 1.00 bits per heavy atom. The fraction of sp³-hybridized carbons (Fsp3) is 0.0833. The molecule has 2 aromatic heterocycles. The summed E-state index contributed by atoms with van der Waals surface area (Å²) in [6.07, 6.45) is 1.53. The molecule has 0 radical (unpaired) electrons. The average molecular weight is 448 g/mol. The number of hydrogen-bond donors (Lipinski definition) is 1. The number of benzene rings is 2. The number of fused-ring (bicyclic) bond motifs is 1. The molecule has 0 unspecified atom stereocenters. The molecule has 32 heavy (non-hydrogen) atoms. The molecule has 2 aromatic carbocycles. The molecule has 0 saturated heterocycles. The van der Waals surface area contributed by atoms with Crippen molar-refractivity contribution in [1.82, 2.24) is 9.55 Å². The lowest BCUT2D eigenvalue weighted by Gasteiger charge is -2.16. The molecule has 4 rings (SSSR count). The van der Waals surface area contributed by atoms with Crippen LogP contribution in [0.2, 0.25) is 5.02 Å². The normalized spacial score (nSPS) is 10.7. The number of hydrogen-bond acceptors (Lipinski definition) is 5. The predicted octanol–water partition coefficient (Wildman–Crippen LogP) is 4.05. The van der Waals surface area contributed by atoms with Crippen molar-refractivity contribution in [2.75, 3.05) is 11.9 Å². The van der Waals surface area contributed by atoms with Crippen LogP contribution >= 0.6 is 11.6 Å². The molecule has 7 nitrogen and oxygen atoms in total. The van der Waals surface area contributed by atoms with Crippen LogP contribution in [-0.4, -0.2) is 28.0 Å². The van der Waals surface area contributed by atoms with E-state index in [9.17, 15) is 14.4 Å². The van der Waals surface area contributed by atoms with Gasteiger partial charge in [-0.15, -0.1) is 0 Å². The fourth-order valence-corrected chi connectivity index (χ4v) is 3.55. The molecule has 0 spiro atoms. The largest absolute Gasteiger partial charge is 0.451 e. The molecule has 1 N–H and O–H groups in total. The number of amides is 1. The lowest BCUT2D eigenvalue weighted by molar-refractivity contribution is -0.119. The Kier molecular flexibility index (Phi) is 6.00. The van der Waals surface area contributed by atoms with Gasteiger partial charge < -0.3 is 14.6 Å². The van der Waals surface area contributed by atoms with Crippen LogP contribution in [-0.2, 0) is 16.6 Å². The number of aromatic nitrogens is 2. The van der Waals surface area contributed by atoms with Gasteiger partial charge in [-0.05, 0) is 41.3 Å². The van der Waals surface area contributed by atoms with E-state index in [1.165, 1.54) is 17.8 Å². The third kappa shape index (κ3) is 4.24. The van der Waals surface area contributed by atoms with Gasteiger partial charge in [-0.3, -0.25) is 9.59 Å². The number of ether oxygens (including phenoxy) is 1. The first-order valence-corrected chi connectivity index (χ1v) is 10.1. The number of esters is 1. The monoisotopic (exact) mass is 447 g/mol.